The Hall–Kier alpha value is -2.23. The van der Waals surface area contributed by atoms with Crippen molar-refractivity contribution in [3.63, 3.8) is 0 Å². The van der Waals surface area contributed by atoms with E-state index >= 15 is 0 Å². The number of pyridine rings is 1. The fourth-order valence-electron chi connectivity index (χ4n) is 2.63. The summed E-state index contributed by atoms with van der Waals surface area (Å²) in [6, 6.07) is 5.74. The van der Waals surface area contributed by atoms with Gasteiger partial charge in [-0.25, -0.2) is 9.97 Å². The number of hydrogen-bond donors (Lipinski definition) is 2. The van der Waals surface area contributed by atoms with Gasteiger partial charge in [-0.1, -0.05) is 13.0 Å². The predicted molar refractivity (Wildman–Crippen MR) is 81.8 cm³/mol. The van der Waals surface area contributed by atoms with Gasteiger partial charge >= 0.3 is 0 Å². The Morgan fingerprint density at radius 3 is 3.00 bits per heavy atom. The van der Waals surface area contributed by atoms with Crippen LogP contribution in [0.15, 0.2) is 18.3 Å². The molecular formula is C15H14ClN5O. The summed E-state index contributed by atoms with van der Waals surface area (Å²) in [6.07, 6.45) is 3.46. The number of aromatic nitrogens is 3. The molecule has 3 rings (SSSR count). The first-order valence-corrected chi connectivity index (χ1v) is 7.36. The molecule has 2 aromatic rings. The highest BCUT2D eigenvalue weighted by Gasteiger charge is 2.36. The molecule has 0 spiro atoms. The maximum absolute atomic E-state index is 10.6. The molecule has 22 heavy (non-hydrogen) atoms. The molecular weight excluding hydrogens is 302 g/mol. The Morgan fingerprint density at radius 1 is 1.45 bits per heavy atom. The molecule has 2 heterocycles. The van der Waals surface area contributed by atoms with Crippen molar-refractivity contribution < 1.29 is 5.11 Å². The molecule has 0 amide bonds. The first kappa shape index (κ1) is 14.7. The van der Waals surface area contributed by atoms with Crippen LogP contribution in [0.4, 0.5) is 11.6 Å². The highest BCUT2D eigenvalue weighted by Crippen LogP contribution is 2.38. The minimum Gasteiger partial charge on any atom is -0.384 e. The molecule has 0 radical (unpaired) electrons. The minimum absolute atomic E-state index is 0.0488. The zero-order valence-electron chi connectivity index (χ0n) is 12.0. The minimum atomic E-state index is -0.881. The van der Waals surface area contributed by atoms with Crippen molar-refractivity contribution >= 4 is 23.2 Å². The first-order chi connectivity index (χ1) is 10.6. The summed E-state index contributed by atoms with van der Waals surface area (Å²) >= 11 is 5.77. The number of rotatable bonds is 3. The molecule has 0 saturated carbocycles. The highest BCUT2D eigenvalue weighted by molar-refractivity contribution is 6.28. The molecule has 112 valence electrons. The summed E-state index contributed by atoms with van der Waals surface area (Å²) in [6.45, 7) is 1.94. The van der Waals surface area contributed by atoms with Crippen LogP contribution in [0, 0.1) is 11.3 Å². The topological polar surface area (TPSA) is 94.7 Å². The Bertz CT molecular complexity index is 773. The van der Waals surface area contributed by atoms with E-state index in [4.69, 9.17) is 16.9 Å². The summed E-state index contributed by atoms with van der Waals surface area (Å²) in [5.74, 6) is 0.812. The summed E-state index contributed by atoms with van der Waals surface area (Å²) in [4.78, 5) is 12.3. The number of halogens is 1. The Morgan fingerprint density at radius 2 is 2.27 bits per heavy atom. The molecule has 1 aliphatic rings. The zero-order valence-corrected chi connectivity index (χ0v) is 12.7. The average molecular weight is 316 g/mol. The number of nitrogens with zero attached hydrogens (tertiary/aromatic N) is 4. The molecule has 6 nitrogen and oxygen atoms in total. The number of aryl methyl sites for hydroxylation is 1. The molecule has 2 aromatic heterocycles. The third kappa shape index (κ3) is 2.49. The maximum atomic E-state index is 10.6. The van der Waals surface area contributed by atoms with Crippen LogP contribution in [0.1, 0.15) is 36.6 Å². The number of anilines is 2. The van der Waals surface area contributed by atoms with Crippen LogP contribution in [0.3, 0.4) is 0 Å². The number of nitriles is 1. The zero-order chi connectivity index (χ0) is 15.7. The Labute approximate surface area is 132 Å². The number of aliphatic hydroxyl groups is 1. The van der Waals surface area contributed by atoms with Crippen LogP contribution in [0.25, 0.3) is 0 Å². The highest BCUT2D eigenvalue weighted by atomic mass is 35.5. The Balaban J connectivity index is 1.97. The van der Waals surface area contributed by atoms with Gasteiger partial charge < -0.3 is 10.4 Å². The maximum Gasteiger partial charge on any atom is 0.224 e. The van der Waals surface area contributed by atoms with Crippen molar-refractivity contribution in [2.24, 2.45) is 0 Å². The normalized spacial score (nSPS) is 19.5. The van der Waals surface area contributed by atoms with Gasteiger partial charge in [0.05, 0.1) is 11.9 Å². The fourth-order valence-corrected chi connectivity index (χ4v) is 2.76. The van der Waals surface area contributed by atoms with E-state index in [2.05, 4.69) is 20.3 Å². The van der Waals surface area contributed by atoms with Gasteiger partial charge in [0.2, 0.25) is 5.28 Å². The summed E-state index contributed by atoms with van der Waals surface area (Å²) in [5, 5.41) is 22.7. The smallest absolute Gasteiger partial charge is 0.224 e. The first-order valence-electron chi connectivity index (χ1n) is 6.98. The van der Waals surface area contributed by atoms with Gasteiger partial charge in [0.15, 0.2) is 5.82 Å². The van der Waals surface area contributed by atoms with E-state index in [-0.39, 0.29) is 10.8 Å². The van der Waals surface area contributed by atoms with E-state index in [9.17, 15) is 5.11 Å². The molecule has 1 unspecified atom stereocenters. The molecule has 1 aliphatic carbocycles. The molecule has 2 N–H and O–H groups in total. The third-order valence-electron chi connectivity index (χ3n) is 3.94. The van der Waals surface area contributed by atoms with E-state index in [1.165, 1.54) is 6.20 Å². The lowest BCUT2D eigenvalue weighted by molar-refractivity contribution is 0.0307. The second-order valence-corrected chi connectivity index (χ2v) is 5.57. The van der Waals surface area contributed by atoms with Gasteiger partial charge in [0, 0.05) is 0 Å². The third-order valence-corrected chi connectivity index (χ3v) is 4.12. The van der Waals surface area contributed by atoms with Crippen LogP contribution in [-0.4, -0.2) is 20.1 Å². The quantitative estimate of drug-likeness (QED) is 0.846. The van der Waals surface area contributed by atoms with Gasteiger partial charge in [-0.2, -0.15) is 10.2 Å². The number of hydrogen-bond acceptors (Lipinski definition) is 6. The van der Waals surface area contributed by atoms with Crippen molar-refractivity contribution in [1.29, 1.82) is 5.26 Å². The average Bonchev–Trinajstić information content (AvgIpc) is 2.85. The van der Waals surface area contributed by atoms with Crippen molar-refractivity contribution in [1.82, 2.24) is 15.0 Å². The van der Waals surface area contributed by atoms with E-state index in [0.29, 0.717) is 30.2 Å². The van der Waals surface area contributed by atoms with E-state index in [1.54, 1.807) is 6.07 Å². The monoisotopic (exact) mass is 315 g/mol. The molecule has 0 bridgehead atoms. The standard InChI is InChI=1S/C15H14ClN5O/c1-2-15(22)6-5-9-3-4-11(19-12(9)15)20-13-10(7-17)8-18-14(16)21-13/h3-4,8,22H,2,5-6H2,1H3,(H,18,19,20,21). The summed E-state index contributed by atoms with van der Waals surface area (Å²) < 4.78 is 0. The number of nitrogens with one attached hydrogen (secondary N) is 1. The van der Waals surface area contributed by atoms with Crippen LogP contribution in [-0.2, 0) is 12.0 Å². The van der Waals surface area contributed by atoms with E-state index < -0.39 is 5.60 Å². The van der Waals surface area contributed by atoms with E-state index in [1.807, 2.05) is 19.1 Å². The summed E-state index contributed by atoms with van der Waals surface area (Å²) in [5.41, 5.74) is 1.14. The van der Waals surface area contributed by atoms with Gasteiger partial charge in [0.25, 0.3) is 0 Å². The second kappa shape index (κ2) is 5.52. The number of fused-ring (bicyclic) bond motifs is 1. The second-order valence-electron chi connectivity index (χ2n) is 5.23. The van der Waals surface area contributed by atoms with Gasteiger partial charge in [-0.15, -0.1) is 0 Å². The molecule has 0 aliphatic heterocycles. The van der Waals surface area contributed by atoms with E-state index in [0.717, 1.165) is 12.0 Å². The lowest BCUT2D eigenvalue weighted by atomic mass is 9.98. The fraction of sp³-hybridized carbons (Fsp3) is 0.333. The van der Waals surface area contributed by atoms with Crippen molar-refractivity contribution in [2.45, 2.75) is 31.8 Å². The lowest BCUT2D eigenvalue weighted by Crippen LogP contribution is -2.22. The molecule has 0 fully saturated rings. The molecule has 0 aromatic carbocycles. The lowest BCUT2D eigenvalue weighted by Gasteiger charge is -2.21. The predicted octanol–water partition coefficient (Wildman–Crippen LogP) is 2.68. The molecule has 1 atom stereocenters. The van der Waals surface area contributed by atoms with Crippen molar-refractivity contribution in [3.8, 4) is 6.07 Å². The largest absolute Gasteiger partial charge is 0.384 e. The Kier molecular flexibility index (Phi) is 3.69. The van der Waals surface area contributed by atoms with Gasteiger partial charge in [-0.05, 0) is 42.5 Å². The van der Waals surface area contributed by atoms with Crippen LogP contribution < -0.4 is 5.32 Å². The molecule has 0 saturated heterocycles. The van der Waals surface area contributed by atoms with Crippen LogP contribution >= 0.6 is 11.6 Å². The van der Waals surface area contributed by atoms with Crippen molar-refractivity contribution in [3.05, 3.63) is 40.4 Å². The van der Waals surface area contributed by atoms with Gasteiger partial charge in [-0.3, -0.25) is 0 Å². The molecule has 7 heteroatoms. The summed E-state index contributed by atoms with van der Waals surface area (Å²) in [7, 11) is 0. The van der Waals surface area contributed by atoms with Crippen LogP contribution in [0.2, 0.25) is 5.28 Å². The SMILES string of the molecule is CCC1(O)CCc2ccc(Nc3nc(Cl)ncc3C#N)nc21. The van der Waals surface area contributed by atoms with Gasteiger partial charge in [0.1, 0.15) is 23.1 Å². The van der Waals surface area contributed by atoms with Crippen molar-refractivity contribution in [2.75, 3.05) is 5.32 Å². The van der Waals surface area contributed by atoms with Crippen LogP contribution in [0.5, 0.6) is 0 Å².